The number of aromatic nitrogens is 6. The van der Waals surface area contributed by atoms with E-state index in [9.17, 15) is 35.9 Å². The molecule has 6 atom stereocenters. The number of benzene rings is 4. The van der Waals surface area contributed by atoms with Crippen molar-refractivity contribution >= 4 is 45.5 Å². The number of nitrogens with zero attached hydrogens (tertiary/aromatic N) is 4. The molecule has 352 valence electrons. The highest BCUT2D eigenvalue weighted by atomic mass is 19.4. The number of H-pyrrole nitrogens is 2. The summed E-state index contributed by atoms with van der Waals surface area (Å²) in [6.07, 6.45) is -4.02. The van der Waals surface area contributed by atoms with E-state index in [1.165, 1.54) is 12.1 Å². The third-order valence-electron chi connectivity index (χ3n) is 13.6. The molecular weight excluding hydrogens is 923 g/mol. The zero-order chi connectivity index (χ0) is 47.8. The quantitative estimate of drug-likeness (QED) is 0.117. The van der Waals surface area contributed by atoms with E-state index >= 15 is 0 Å². The maximum Gasteiger partial charge on any atom is 0.416 e. The number of rotatable bonds is 6. The molecule has 4 N–H and O–H groups in total. The highest BCUT2D eigenvalue weighted by molar-refractivity contribution is 5.94. The maximum absolute atomic E-state index is 13.1. The number of halogens is 6. The fraction of sp³-hybridized carbons (Fsp3) is 0.240. The SMILES string of the molecule is O=C1CCc2c(Oc3ccc4c(c3)[C@H]3C(c5nc6ccc(C(F)(F)F)cc6[nH]5)[C@H]3O4)ccnc2N1.O=C1CCc2c(Oc3ccc4c(c3)[C@H]3[C@@H](O4)[C@@H]3c3nc4ccc(C(F)(F)F)cc4[nH]3)ccnc2N1. The molecule has 2 amide bonds. The molecule has 70 heavy (non-hydrogen) atoms. The van der Waals surface area contributed by atoms with Crippen LogP contribution in [0.15, 0.2) is 97.3 Å². The number of imidazole rings is 2. The summed E-state index contributed by atoms with van der Waals surface area (Å²) >= 11 is 0. The zero-order valence-electron chi connectivity index (χ0n) is 36.0. The number of hydrogen-bond acceptors (Lipinski definition) is 10. The molecule has 14 rings (SSSR count). The molecule has 2 saturated carbocycles. The molecule has 8 heterocycles. The molecule has 8 aromatic rings. The molecule has 14 nitrogen and oxygen atoms in total. The number of fused-ring (bicyclic) bond motifs is 10. The van der Waals surface area contributed by atoms with Crippen molar-refractivity contribution in [1.82, 2.24) is 29.9 Å². The highest BCUT2D eigenvalue weighted by Gasteiger charge is 2.62. The van der Waals surface area contributed by atoms with Crippen molar-refractivity contribution in [3.63, 3.8) is 0 Å². The number of hydrogen-bond donors (Lipinski definition) is 4. The number of aromatic amines is 2. The van der Waals surface area contributed by atoms with E-state index in [1.807, 2.05) is 36.4 Å². The monoisotopic (exact) mass is 956 g/mol. The molecule has 4 aromatic carbocycles. The first-order valence-electron chi connectivity index (χ1n) is 22.4. The van der Waals surface area contributed by atoms with Gasteiger partial charge in [-0.15, -0.1) is 0 Å². The molecule has 2 fully saturated rings. The summed E-state index contributed by atoms with van der Waals surface area (Å²) < 4.78 is 103. The number of carbonyl (C=O) groups is 2. The average Bonchev–Trinajstić information content (AvgIpc) is 3.84. The Kier molecular flexibility index (Phi) is 9.10. The van der Waals surface area contributed by atoms with Crippen molar-refractivity contribution in [3.05, 3.63) is 142 Å². The van der Waals surface area contributed by atoms with Crippen LogP contribution >= 0.6 is 0 Å². The van der Waals surface area contributed by atoms with Gasteiger partial charge in [0.05, 0.1) is 45.0 Å². The number of anilines is 2. The lowest BCUT2D eigenvalue weighted by Crippen LogP contribution is -2.20. The highest BCUT2D eigenvalue weighted by Crippen LogP contribution is 2.64. The second-order valence-electron chi connectivity index (χ2n) is 17.9. The standard InChI is InChI=1S/2C25H17F3N4O3/c2*26-25(27,28)11-1-4-15-16(9-11)31-24(30-15)21-20-14-10-12(2-5-17(14)35-22(20)21)34-18-7-8-29-23-13(18)3-6-19(33)32-23/h2*1-2,4-5,7-10,20-22H,3,6H2,(H,30,31)(H,29,32,33)/t20-,21?,22-;20-,21-,22-/m01/s1. The summed E-state index contributed by atoms with van der Waals surface area (Å²) in [5.41, 5.74) is 3.93. The lowest BCUT2D eigenvalue weighted by atomic mass is 10.1. The third-order valence-corrected chi connectivity index (χ3v) is 13.6. The van der Waals surface area contributed by atoms with E-state index in [-0.39, 0.29) is 47.7 Å². The number of amides is 2. The van der Waals surface area contributed by atoms with Gasteiger partial charge in [0.2, 0.25) is 11.8 Å². The van der Waals surface area contributed by atoms with E-state index in [1.54, 1.807) is 24.5 Å². The molecule has 1 unspecified atom stereocenters. The second-order valence-corrected chi connectivity index (χ2v) is 17.9. The van der Waals surface area contributed by atoms with Crippen molar-refractivity contribution in [2.75, 3.05) is 10.6 Å². The van der Waals surface area contributed by atoms with Crippen LogP contribution in [0, 0.1) is 0 Å². The molecule has 0 radical (unpaired) electrons. The van der Waals surface area contributed by atoms with Crippen LogP contribution in [0.3, 0.4) is 0 Å². The number of nitrogens with one attached hydrogen (secondary N) is 4. The fourth-order valence-corrected chi connectivity index (χ4v) is 10.1. The van der Waals surface area contributed by atoms with Gasteiger partial charge in [0, 0.05) is 59.3 Å². The summed E-state index contributed by atoms with van der Waals surface area (Å²) in [4.78, 5) is 46.9. The van der Waals surface area contributed by atoms with E-state index in [4.69, 9.17) is 18.9 Å². The van der Waals surface area contributed by atoms with Crippen LogP contribution in [0.25, 0.3) is 22.1 Å². The fourth-order valence-electron chi connectivity index (χ4n) is 10.1. The summed E-state index contributed by atoms with van der Waals surface area (Å²) in [5, 5.41) is 5.53. The topological polar surface area (TPSA) is 178 Å². The second kappa shape index (κ2) is 15.2. The number of ether oxygens (including phenoxy) is 4. The van der Waals surface area contributed by atoms with Crippen LogP contribution < -0.4 is 29.6 Å². The van der Waals surface area contributed by atoms with E-state index in [2.05, 4.69) is 40.5 Å². The molecule has 0 spiro atoms. The molecule has 4 aromatic heterocycles. The van der Waals surface area contributed by atoms with E-state index < -0.39 is 23.5 Å². The Balaban J connectivity index is 0.000000137. The number of pyridine rings is 2. The molecule has 0 saturated heterocycles. The van der Waals surface area contributed by atoms with E-state index in [0.717, 1.165) is 58.0 Å². The third kappa shape index (κ3) is 7.18. The lowest BCUT2D eigenvalue weighted by Gasteiger charge is -2.19. The van der Waals surface area contributed by atoms with Crippen LogP contribution in [0.2, 0.25) is 0 Å². The van der Waals surface area contributed by atoms with Gasteiger partial charge in [0.15, 0.2) is 0 Å². The summed E-state index contributed by atoms with van der Waals surface area (Å²) in [5.74, 6) is 6.15. The van der Waals surface area contributed by atoms with Crippen LogP contribution in [0.1, 0.15) is 81.5 Å². The van der Waals surface area contributed by atoms with Crippen LogP contribution in [0.5, 0.6) is 34.5 Å². The average molecular weight is 957 g/mol. The first-order valence-corrected chi connectivity index (χ1v) is 22.4. The first kappa shape index (κ1) is 42.0. The predicted molar refractivity (Wildman–Crippen MR) is 237 cm³/mol. The summed E-state index contributed by atoms with van der Waals surface area (Å²) in [6.45, 7) is 0. The molecule has 4 aliphatic heterocycles. The number of alkyl halides is 6. The van der Waals surface area contributed by atoms with Crippen molar-refractivity contribution in [2.24, 2.45) is 0 Å². The van der Waals surface area contributed by atoms with E-state index in [0.29, 0.717) is 94.0 Å². The Morgan fingerprint density at radius 1 is 0.529 bits per heavy atom. The van der Waals surface area contributed by atoms with Crippen molar-refractivity contribution in [3.8, 4) is 34.5 Å². The Morgan fingerprint density at radius 3 is 1.40 bits per heavy atom. The van der Waals surface area contributed by atoms with Gasteiger partial charge in [0.1, 0.15) is 70.0 Å². The summed E-state index contributed by atoms with van der Waals surface area (Å²) in [7, 11) is 0. The molecular formula is C50H34F6N8O6. The van der Waals surface area contributed by atoms with Crippen LogP contribution in [0.4, 0.5) is 38.0 Å². The normalized spacial score (nSPS) is 22.1. The van der Waals surface area contributed by atoms with Gasteiger partial charge in [-0.1, -0.05) is 0 Å². The molecule has 20 heteroatoms. The van der Waals surface area contributed by atoms with Crippen molar-refractivity contribution in [1.29, 1.82) is 0 Å². The molecule has 6 aliphatic rings. The van der Waals surface area contributed by atoms with Gasteiger partial charge < -0.3 is 39.5 Å². The Bertz CT molecular complexity index is 3290. The minimum atomic E-state index is -4.41. The zero-order valence-corrected chi connectivity index (χ0v) is 36.0. The van der Waals surface area contributed by atoms with Gasteiger partial charge in [-0.2, -0.15) is 26.3 Å². The smallest absolute Gasteiger partial charge is 0.416 e. The van der Waals surface area contributed by atoms with Gasteiger partial charge >= 0.3 is 12.4 Å². The van der Waals surface area contributed by atoms with Gasteiger partial charge in [-0.3, -0.25) is 9.59 Å². The predicted octanol–water partition coefficient (Wildman–Crippen LogP) is 10.6. The van der Waals surface area contributed by atoms with Crippen molar-refractivity contribution in [2.45, 2.75) is 73.9 Å². The van der Waals surface area contributed by atoms with Crippen molar-refractivity contribution < 1.29 is 54.9 Å². The first-order chi connectivity index (χ1) is 33.7. The largest absolute Gasteiger partial charge is 0.489 e. The summed E-state index contributed by atoms with van der Waals surface area (Å²) in [6, 6.07) is 21.8. The van der Waals surface area contributed by atoms with Gasteiger partial charge in [-0.25, -0.2) is 19.9 Å². The number of carbonyl (C=O) groups excluding carboxylic acids is 2. The lowest BCUT2D eigenvalue weighted by molar-refractivity contribution is -0.138. The Labute approximate surface area is 390 Å². The minimum absolute atomic E-state index is 0.0434. The molecule has 0 bridgehead atoms. The Morgan fingerprint density at radius 2 is 0.971 bits per heavy atom. The van der Waals surface area contributed by atoms with Crippen LogP contribution in [-0.2, 0) is 34.8 Å². The molecule has 2 aliphatic carbocycles. The minimum Gasteiger partial charge on any atom is -0.489 e. The van der Waals surface area contributed by atoms with Gasteiger partial charge in [0.25, 0.3) is 0 Å². The van der Waals surface area contributed by atoms with Crippen LogP contribution in [-0.4, -0.2) is 53.9 Å². The maximum atomic E-state index is 13.1. The van der Waals surface area contributed by atoms with Gasteiger partial charge in [-0.05, 0) is 97.8 Å². The Hall–Kier alpha value is -8.16.